The molecule has 0 aliphatic heterocycles. The lowest BCUT2D eigenvalue weighted by Crippen LogP contribution is -2.28. The van der Waals surface area contributed by atoms with Gasteiger partial charge in [-0.1, -0.05) is 11.6 Å². The Morgan fingerprint density at radius 2 is 2.03 bits per heavy atom. The summed E-state index contributed by atoms with van der Waals surface area (Å²) in [7, 11) is 0. The van der Waals surface area contributed by atoms with E-state index in [0.717, 1.165) is 6.07 Å². The first-order chi connectivity index (χ1) is 14.9. The lowest BCUT2D eigenvalue weighted by atomic mass is 10.0. The summed E-state index contributed by atoms with van der Waals surface area (Å²) in [4.78, 5) is 28.7. The van der Waals surface area contributed by atoms with Crippen molar-refractivity contribution in [3.8, 4) is 0 Å². The number of benzene rings is 2. The average molecular weight is 448 g/mol. The van der Waals surface area contributed by atoms with E-state index >= 15 is 0 Å². The summed E-state index contributed by atoms with van der Waals surface area (Å²) in [5.41, 5.74) is 1.74. The molecular weight excluding hydrogens is 432 g/mol. The van der Waals surface area contributed by atoms with Crippen molar-refractivity contribution in [2.45, 2.75) is 25.5 Å². The van der Waals surface area contributed by atoms with Gasteiger partial charge in [-0.3, -0.25) is 4.79 Å². The molecule has 160 valence electrons. The molecule has 0 bridgehead atoms. The van der Waals surface area contributed by atoms with Gasteiger partial charge in [-0.15, -0.1) is 0 Å². The molecule has 31 heavy (non-hydrogen) atoms. The highest BCUT2D eigenvalue weighted by Gasteiger charge is 2.31. The second-order valence-electron chi connectivity index (χ2n) is 6.86. The van der Waals surface area contributed by atoms with Crippen LogP contribution in [0.3, 0.4) is 0 Å². The fraction of sp³-hybridized carbons (Fsp3) is 0.190. The Morgan fingerprint density at radius 3 is 2.77 bits per heavy atom. The number of aromatic nitrogens is 1. The molecule has 7 nitrogen and oxygen atoms in total. The molecule has 1 aromatic heterocycles. The van der Waals surface area contributed by atoms with Crippen LogP contribution in [0.25, 0.3) is 0 Å². The molecule has 1 aliphatic rings. The highest BCUT2D eigenvalue weighted by Crippen LogP contribution is 2.36. The van der Waals surface area contributed by atoms with E-state index in [9.17, 15) is 18.4 Å². The highest BCUT2D eigenvalue weighted by atomic mass is 35.5. The van der Waals surface area contributed by atoms with Gasteiger partial charge < -0.3 is 19.8 Å². The van der Waals surface area contributed by atoms with Gasteiger partial charge in [-0.25, -0.2) is 18.6 Å². The topological polar surface area (TPSA) is 93.5 Å². The van der Waals surface area contributed by atoms with Crippen molar-refractivity contribution < 1.29 is 27.5 Å². The van der Waals surface area contributed by atoms with Gasteiger partial charge >= 0.3 is 6.09 Å². The maximum absolute atomic E-state index is 14.6. The molecule has 10 heteroatoms. The molecule has 1 heterocycles. The van der Waals surface area contributed by atoms with Crippen molar-refractivity contribution in [2.24, 2.45) is 0 Å². The van der Waals surface area contributed by atoms with E-state index in [1.54, 1.807) is 0 Å². The van der Waals surface area contributed by atoms with E-state index < -0.39 is 29.7 Å². The number of carbonyl (C=O) groups is 2. The van der Waals surface area contributed by atoms with Crippen LogP contribution in [0, 0.1) is 11.6 Å². The number of alkyl carbamates (subject to hydrolysis) is 1. The number of carbonyl (C=O) groups excluding carboxylic acids is 2. The third-order valence-electron chi connectivity index (χ3n) is 4.88. The van der Waals surface area contributed by atoms with Crippen molar-refractivity contribution in [1.29, 1.82) is 0 Å². The Hall–Kier alpha value is -3.46. The van der Waals surface area contributed by atoms with Gasteiger partial charge in [0.05, 0.1) is 11.1 Å². The summed E-state index contributed by atoms with van der Waals surface area (Å²) in [5, 5.41) is 5.11. The number of amides is 2. The minimum Gasteiger partial charge on any atom is -0.451 e. The first kappa shape index (κ1) is 20.8. The van der Waals surface area contributed by atoms with E-state index in [1.165, 1.54) is 36.9 Å². The Labute approximate surface area is 180 Å². The molecule has 0 fully saturated rings. The van der Waals surface area contributed by atoms with E-state index in [-0.39, 0.29) is 22.8 Å². The molecule has 1 atom stereocenters. The second kappa shape index (κ2) is 8.73. The van der Waals surface area contributed by atoms with E-state index in [4.69, 9.17) is 20.8 Å². The maximum Gasteiger partial charge on any atom is 0.408 e. The van der Waals surface area contributed by atoms with Crippen LogP contribution in [0.15, 0.2) is 47.4 Å². The number of ether oxygens (including phenoxy) is 1. The van der Waals surface area contributed by atoms with Crippen molar-refractivity contribution >= 4 is 29.3 Å². The first-order valence-electron chi connectivity index (χ1n) is 9.30. The third-order valence-corrected chi connectivity index (χ3v) is 5.17. The van der Waals surface area contributed by atoms with Gasteiger partial charge in [-0.2, -0.15) is 0 Å². The number of hydrogen-bond acceptors (Lipinski definition) is 5. The number of oxazole rings is 1. The van der Waals surface area contributed by atoms with Gasteiger partial charge in [0.1, 0.15) is 30.2 Å². The Kier molecular flexibility index (Phi) is 5.85. The van der Waals surface area contributed by atoms with Crippen LogP contribution in [0.5, 0.6) is 0 Å². The van der Waals surface area contributed by atoms with Crippen molar-refractivity contribution in [3.05, 3.63) is 82.0 Å². The van der Waals surface area contributed by atoms with Crippen molar-refractivity contribution in [2.75, 3.05) is 5.32 Å². The highest BCUT2D eigenvalue weighted by molar-refractivity contribution is 6.31. The molecular formula is C21H16ClF2N3O4. The molecule has 1 aliphatic carbocycles. The molecule has 0 unspecified atom stereocenters. The number of halogens is 3. The Balaban J connectivity index is 1.48. The lowest BCUT2D eigenvalue weighted by molar-refractivity contribution is 0.102. The minimum absolute atomic E-state index is 0.0902. The van der Waals surface area contributed by atoms with Gasteiger partial charge in [0.2, 0.25) is 0 Å². The monoisotopic (exact) mass is 447 g/mol. The van der Waals surface area contributed by atoms with Gasteiger partial charge in [0.25, 0.3) is 5.91 Å². The molecule has 2 aromatic carbocycles. The SMILES string of the molecule is O=C(N[C@H]1CCc2c(C(=O)Nc3ccc(F)c(Cl)c3)ccc(F)c21)OCc1cocn1. The van der Waals surface area contributed by atoms with Crippen molar-refractivity contribution in [3.63, 3.8) is 0 Å². The number of rotatable bonds is 5. The van der Waals surface area contributed by atoms with Crippen LogP contribution < -0.4 is 10.6 Å². The fourth-order valence-corrected chi connectivity index (χ4v) is 3.66. The van der Waals surface area contributed by atoms with Crippen LogP contribution in [-0.2, 0) is 17.8 Å². The predicted molar refractivity (Wildman–Crippen MR) is 107 cm³/mol. The number of fused-ring (bicyclic) bond motifs is 1. The van der Waals surface area contributed by atoms with E-state index in [0.29, 0.717) is 29.8 Å². The van der Waals surface area contributed by atoms with E-state index in [2.05, 4.69) is 15.6 Å². The first-order valence-corrected chi connectivity index (χ1v) is 9.68. The zero-order valence-corrected chi connectivity index (χ0v) is 16.7. The normalized spacial score (nSPS) is 14.7. The molecule has 3 aromatic rings. The summed E-state index contributed by atoms with van der Waals surface area (Å²) >= 11 is 5.75. The Bertz CT molecular complexity index is 1140. The molecule has 2 amide bonds. The number of anilines is 1. The predicted octanol–water partition coefficient (Wildman–Crippen LogP) is 4.77. The molecule has 4 rings (SSSR count). The Morgan fingerprint density at radius 1 is 1.23 bits per heavy atom. The van der Waals surface area contributed by atoms with Crippen LogP contribution >= 0.6 is 11.6 Å². The van der Waals surface area contributed by atoms with Gasteiger partial charge in [0.15, 0.2) is 6.39 Å². The van der Waals surface area contributed by atoms with Crippen LogP contribution in [0.1, 0.15) is 39.6 Å². The van der Waals surface area contributed by atoms with Crippen LogP contribution in [-0.4, -0.2) is 17.0 Å². The van der Waals surface area contributed by atoms with Crippen molar-refractivity contribution in [1.82, 2.24) is 10.3 Å². The van der Waals surface area contributed by atoms with Gasteiger partial charge in [-0.05, 0) is 48.7 Å². The van der Waals surface area contributed by atoms with E-state index in [1.807, 2.05) is 0 Å². The number of nitrogens with zero attached hydrogens (tertiary/aromatic N) is 1. The standard InChI is InChI=1S/C21H16ClF2N3O4/c22-15-7-11(1-4-16(15)23)26-20(28)14-2-5-17(24)19-13(14)3-6-18(19)27-21(29)31-9-12-8-30-10-25-12/h1-2,4-5,7-8,10,18H,3,6,9H2,(H,26,28)(H,27,29)/t18-/m0/s1. The smallest absolute Gasteiger partial charge is 0.408 e. The average Bonchev–Trinajstić information content (AvgIpc) is 3.40. The molecule has 2 N–H and O–H groups in total. The lowest BCUT2D eigenvalue weighted by Gasteiger charge is -2.16. The molecule has 0 saturated heterocycles. The molecule has 0 radical (unpaired) electrons. The zero-order chi connectivity index (χ0) is 22.0. The largest absolute Gasteiger partial charge is 0.451 e. The zero-order valence-electron chi connectivity index (χ0n) is 16.0. The quantitative estimate of drug-likeness (QED) is 0.587. The summed E-state index contributed by atoms with van der Waals surface area (Å²) < 4.78 is 37.7. The van der Waals surface area contributed by atoms with Gasteiger partial charge in [0, 0.05) is 16.8 Å². The molecule has 0 saturated carbocycles. The van der Waals surface area contributed by atoms with Crippen LogP contribution in [0.4, 0.5) is 19.3 Å². The minimum atomic E-state index is -0.740. The maximum atomic E-state index is 14.6. The summed E-state index contributed by atoms with van der Waals surface area (Å²) in [5.74, 6) is -1.63. The van der Waals surface area contributed by atoms with Crippen LogP contribution in [0.2, 0.25) is 5.02 Å². The second-order valence-corrected chi connectivity index (χ2v) is 7.27. The summed E-state index contributed by atoms with van der Waals surface area (Å²) in [6.45, 7) is -0.0902. The number of nitrogens with one attached hydrogen (secondary N) is 2. The fourth-order valence-electron chi connectivity index (χ4n) is 3.48. The third kappa shape index (κ3) is 4.51. The molecule has 0 spiro atoms. The summed E-state index contributed by atoms with van der Waals surface area (Å²) in [6, 6.07) is 5.70. The summed E-state index contributed by atoms with van der Waals surface area (Å²) in [6.07, 6.45) is 2.60. The number of hydrogen-bond donors (Lipinski definition) is 2.